The zero-order valence-electron chi connectivity index (χ0n) is 15.2. The molecule has 138 valence electrons. The second kappa shape index (κ2) is 9.15. The Hall–Kier alpha value is -1.66. The summed E-state index contributed by atoms with van der Waals surface area (Å²) in [6.07, 6.45) is 5.03. The summed E-state index contributed by atoms with van der Waals surface area (Å²) >= 11 is 0. The minimum absolute atomic E-state index is 0.0757. The second-order valence-electron chi connectivity index (χ2n) is 7.16. The second-order valence-corrected chi connectivity index (χ2v) is 7.16. The van der Waals surface area contributed by atoms with Crippen LogP contribution in [0.5, 0.6) is 0 Å². The Labute approximate surface area is 150 Å². The van der Waals surface area contributed by atoms with Crippen LogP contribution in [0.2, 0.25) is 0 Å². The third-order valence-electron chi connectivity index (χ3n) is 5.09. The molecule has 2 aliphatic rings. The maximum atomic E-state index is 12.4. The van der Waals surface area contributed by atoms with Crippen molar-refractivity contribution in [3.05, 3.63) is 29.6 Å². The van der Waals surface area contributed by atoms with Gasteiger partial charge in [0.15, 0.2) is 0 Å². The summed E-state index contributed by atoms with van der Waals surface area (Å²) in [7, 11) is 0. The molecule has 6 nitrogen and oxygen atoms in total. The molecule has 1 atom stereocenters. The van der Waals surface area contributed by atoms with E-state index in [4.69, 9.17) is 4.74 Å². The van der Waals surface area contributed by atoms with Crippen LogP contribution in [-0.4, -0.2) is 73.3 Å². The molecule has 0 aliphatic carbocycles. The molecule has 6 heteroatoms. The van der Waals surface area contributed by atoms with Gasteiger partial charge in [0, 0.05) is 51.2 Å². The lowest BCUT2D eigenvalue weighted by Crippen LogP contribution is -2.49. The summed E-state index contributed by atoms with van der Waals surface area (Å²) in [5.74, 6) is 0.582. The lowest BCUT2D eigenvalue weighted by atomic mass is 9.97. The van der Waals surface area contributed by atoms with Crippen molar-refractivity contribution in [2.45, 2.75) is 26.2 Å². The molecule has 2 fully saturated rings. The predicted octanol–water partition coefficient (Wildman–Crippen LogP) is 1.69. The van der Waals surface area contributed by atoms with Gasteiger partial charge in [-0.1, -0.05) is 6.07 Å². The van der Waals surface area contributed by atoms with Gasteiger partial charge >= 0.3 is 6.03 Å². The molecule has 0 aromatic carbocycles. The first kappa shape index (κ1) is 18.1. The number of amides is 2. The fourth-order valence-corrected chi connectivity index (χ4v) is 3.62. The average molecular weight is 346 g/mol. The summed E-state index contributed by atoms with van der Waals surface area (Å²) in [5.41, 5.74) is 2.18. The summed E-state index contributed by atoms with van der Waals surface area (Å²) in [5, 5.41) is 3.07. The van der Waals surface area contributed by atoms with Crippen molar-refractivity contribution in [1.29, 1.82) is 0 Å². The Morgan fingerprint density at radius 2 is 2.16 bits per heavy atom. The molecule has 3 heterocycles. The number of piperidine rings is 1. The first-order chi connectivity index (χ1) is 12.2. The van der Waals surface area contributed by atoms with Crippen LogP contribution in [0.1, 0.15) is 24.1 Å². The number of hydrogen-bond acceptors (Lipinski definition) is 4. The van der Waals surface area contributed by atoms with E-state index in [1.54, 1.807) is 0 Å². The summed E-state index contributed by atoms with van der Waals surface area (Å²) < 4.78 is 5.41. The largest absolute Gasteiger partial charge is 0.379 e. The van der Waals surface area contributed by atoms with E-state index in [-0.39, 0.29) is 6.03 Å². The smallest absolute Gasteiger partial charge is 0.317 e. The molecule has 2 saturated heterocycles. The van der Waals surface area contributed by atoms with E-state index in [9.17, 15) is 4.79 Å². The van der Waals surface area contributed by atoms with Gasteiger partial charge in [-0.25, -0.2) is 4.79 Å². The maximum Gasteiger partial charge on any atom is 0.317 e. The number of urea groups is 1. The van der Waals surface area contributed by atoms with E-state index in [2.05, 4.69) is 21.3 Å². The number of pyridine rings is 1. The van der Waals surface area contributed by atoms with Gasteiger partial charge in [0.05, 0.1) is 13.2 Å². The highest BCUT2D eigenvalue weighted by atomic mass is 16.5. The Kier molecular flexibility index (Phi) is 6.64. The molecule has 1 aromatic rings. The van der Waals surface area contributed by atoms with Gasteiger partial charge in [-0.3, -0.25) is 9.88 Å². The van der Waals surface area contributed by atoms with Crippen molar-refractivity contribution in [3.63, 3.8) is 0 Å². The highest BCUT2D eigenvalue weighted by molar-refractivity contribution is 5.74. The molecule has 0 unspecified atom stereocenters. The summed E-state index contributed by atoms with van der Waals surface area (Å²) in [6, 6.07) is 4.16. The molecule has 2 aliphatic heterocycles. The van der Waals surface area contributed by atoms with Gasteiger partial charge in [0.25, 0.3) is 0 Å². The van der Waals surface area contributed by atoms with Crippen LogP contribution in [0, 0.1) is 12.8 Å². The van der Waals surface area contributed by atoms with E-state index in [1.165, 1.54) is 6.42 Å². The fraction of sp³-hybridized carbons (Fsp3) is 0.684. The molecular weight excluding hydrogens is 316 g/mol. The van der Waals surface area contributed by atoms with Crippen LogP contribution in [0.4, 0.5) is 4.79 Å². The summed E-state index contributed by atoms with van der Waals surface area (Å²) in [6.45, 7) is 9.19. The SMILES string of the molecule is Cc1ccc(CCNC(=O)N2CCC[C@H](CN3CCOCC3)C2)cn1. The van der Waals surface area contributed by atoms with Gasteiger partial charge < -0.3 is 15.0 Å². The van der Waals surface area contributed by atoms with Crippen molar-refractivity contribution in [3.8, 4) is 0 Å². The molecule has 0 saturated carbocycles. The topological polar surface area (TPSA) is 57.7 Å². The number of aromatic nitrogens is 1. The van der Waals surface area contributed by atoms with E-state index < -0.39 is 0 Å². The monoisotopic (exact) mass is 346 g/mol. The number of nitrogens with zero attached hydrogens (tertiary/aromatic N) is 3. The number of morpholine rings is 1. The molecular formula is C19H30N4O2. The highest BCUT2D eigenvalue weighted by Gasteiger charge is 2.25. The molecule has 3 rings (SSSR count). The molecule has 0 spiro atoms. The maximum absolute atomic E-state index is 12.4. The molecule has 0 radical (unpaired) electrons. The van der Waals surface area contributed by atoms with Crippen LogP contribution in [-0.2, 0) is 11.2 Å². The van der Waals surface area contributed by atoms with Crippen molar-refractivity contribution in [2.24, 2.45) is 5.92 Å². The number of aryl methyl sites for hydroxylation is 1. The fourth-order valence-electron chi connectivity index (χ4n) is 3.62. The van der Waals surface area contributed by atoms with Crippen LogP contribution in [0.3, 0.4) is 0 Å². The minimum Gasteiger partial charge on any atom is -0.379 e. The van der Waals surface area contributed by atoms with Crippen LogP contribution in [0.15, 0.2) is 18.3 Å². The lowest BCUT2D eigenvalue weighted by molar-refractivity contribution is 0.0249. The third kappa shape index (κ3) is 5.68. The zero-order valence-corrected chi connectivity index (χ0v) is 15.2. The van der Waals surface area contributed by atoms with Crippen LogP contribution in [0.25, 0.3) is 0 Å². The molecule has 1 aromatic heterocycles. The number of ether oxygens (including phenoxy) is 1. The number of rotatable bonds is 5. The first-order valence-electron chi connectivity index (χ1n) is 9.45. The lowest BCUT2D eigenvalue weighted by Gasteiger charge is -2.36. The van der Waals surface area contributed by atoms with Crippen molar-refractivity contribution < 1.29 is 9.53 Å². The highest BCUT2D eigenvalue weighted by Crippen LogP contribution is 2.18. The van der Waals surface area contributed by atoms with Crippen LogP contribution >= 0.6 is 0 Å². The van der Waals surface area contributed by atoms with Crippen molar-refractivity contribution >= 4 is 6.03 Å². The van der Waals surface area contributed by atoms with Gasteiger partial charge in [-0.05, 0) is 43.7 Å². The zero-order chi connectivity index (χ0) is 17.5. The predicted molar refractivity (Wildman–Crippen MR) is 97.6 cm³/mol. The third-order valence-corrected chi connectivity index (χ3v) is 5.09. The van der Waals surface area contributed by atoms with E-state index in [0.29, 0.717) is 12.5 Å². The Morgan fingerprint density at radius 3 is 2.92 bits per heavy atom. The van der Waals surface area contributed by atoms with Crippen LogP contribution < -0.4 is 5.32 Å². The molecule has 25 heavy (non-hydrogen) atoms. The Bertz CT molecular complexity index is 543. The number of carbonyl (C=O) groups excluding carboxylic acids is 1. The Balaban J connectivity index is 1.39. The first-order valence-corrected chi connectivity index (χ1v) is 9.45. The van der Waals surface area contributed by atoms with Crippen molar-refractivity contribution in [1.82, 2.24) is 20.1 Å². The normalized spacial score (nSPS) is 22.0. The molecule has 2 amide bonds. The average Bonchev–Trinajstić information content (AvgIpc) is 2.64. The Morgan fingerprint density at radius 1 is 1.32 bits per heavy atom. The minimum atomic E-state index is 0.0757. The van der Waals surface area contributed by atoms with Gasteiger partial charge in [0.1, 0.15) is 0 Å². The van der Waals surface area contributed by atoms with Gasteiger partial charge in [-0.2, -0.15) is 0 Å². The van der Waals surface area contributed by atoms with Gasteiger partial charge in [-0.15, -0.1) is 0 Å². The number of likely N-dealkylation sites (tertiary alicyclic amines) is 1. The van der Waals surface area contributed by atoms with E-state index >= 15 is 0 Å². The molecule has 0 bridgehead atoms. The van der Waals surface area contributed by atoms with Gasteiger partial charge in [0.2, 0.25) is 0 Å². The molecule has 1 N–H and O–H groups in total. The van der Waals surface area contributed by atoms with E-state index in [0.717, 1.165) is 70.0 Å². The quantitative estimate of drug-likeness (QED) is 0.881. The number of nitrogens with one attached hydrogen (secondary N) is 1. The standard InChI is InChI=1S/C19H30N4O2/c1-16-4-5-17(13-21-16)6-7-20-19(24)23-8-2-3-18(15-23)14-22-9-11-25-12-10-22/h4-5,13,18H,2-3,6-12,14-15H2,1H3,(H,20,24)/t18-/m1/s1. The summed E-state index contributed by atoms with van der Waals surface area (Å²) in [4.78, 5) is 21.2. The van der Waals surface area contributed by atoms with Crippen molar-refractivity contribution in [2.75, 3.05) is 52.5 Å². The number of carbonyl (C=O) groups is 1. The van der Waals surface area contributed by atoms with E-state index in [1.807, 2.05) is 24.1 Å². The number of hydrogen-bond donors (Lipinski definition) is 1.